The van der Waals surface area contributed by atoms with E-state index in [4.69, 9.17) is 4.74 Å². The van der Waals surface area contributed by atoms with Crippen LogP contribution in [-0.2, 0) is 14.8 Å². The van der Waals surface area contributed by atoms with Gasteiger partial charge in [0.05, 0.1) is 22.0 Å². The fourth-order valence-electron chi connectivity index (χ4n) is 4.59. The molecule has 1 N–H and O–H groups in total. The first kappa shape index (κ1) is 23.1. The van der Waals surface area contributed by atoms with Crippen molar-refractivity contribution in [3.63, 3.8) is 0 Å². The van der Waals surface area contributed by atoms with E-state index in [1.807, 2.05) is 12.4 Å². The van der Waals surface area contributed by atoms with Crippen LogP contribution in [0.15, 0.2) is 41.9 Å². The highest BCUT2D eigenvalue weighted by molar-refractivity contribution is 7.88. The lowest BCUT2D eigenvalue weighted by molar-refractivity contribution is -0.119. The molecule has 2 aliphatic heterocycles. The number of nitrogens with zero attached hydrogens (tertiary/aromatic N) is 3. The number of carbonyl (C=O) groups excluding carboxylic acids is 1. The molecular weight excluding hydrogens is 472 g/mol. The number of thiazole rings is 1. The lowest BCUT2D eigenvalue weighted by atomic mass is 10.0. The minimum absolute atomic E-state index is 0.0787. The van der Waals surface area contributed by atoms with Gasteiger partial charge in [0.2, 0.25) is 15.9 Å². The molecule has 1 amide bonds. The smallest absolute Gasteiger partial charge is 0.220 e. The SMILES string of the molecule is C[C@@H](Oc1cc(-c2ccc(N3CCN(S(C)(=O)=O)CC3)cc2)cc2ncsc12)C1CNC(=O)C1. The third kappa shape index (κ3) is 4.75. The largest absolute Gasteiger partial charge is 0.489 e. The van der Waals surface area contributed by atoms with Crippen LogP contribution in [0.3, 0.4) is 0 Å². The Hall–Kier alpha value is -2.69. The third-order valence-corrected chi connectivity index (χ3v) is 8.82. The molecule has 3 aromatic rings. The highest BCUT2D eigenvalue weighted by Gasteiger charge is 2.28. The Morgan fingerprint density at radius 3 is 2.50 bits per heavy atom. The van der Waals surface area contributed by atoms with Crippen LogP contribution in [0.2, 0.25) is 0 Å². The molecule has 8 nitrogen and oxygen atoms in total. The molecule has 2 atom stereocenters. The molecule has 1 unspecified atom stereocenters. The molecule has 2 aliphatic rings. The number of hydrogen-bond acceptors (Lipinski definition) is 7. The summed E-state index contributed by atoms with van der Waals surface area (Å²) in [7, 11) is -3.14. The zero-order chi connectivity index (χ0) is 23.9. The fourth-order valence-corrected chi connectivity index (χ4v) is 6.14. The first-order valence-electron chi connectivity index (χ1n) is 11.4. The van der Waals surface area contributed by atoms with Gasteiger partial charge in [-0.3, -0.25) is 4.79 Å². The van der Waals surface area contributed by atoms with Crippen molar-refractivity contribution < 1.29 is 17.9 Å². The van der Waals surface area contributed by atoms with E-state index in [1.165, 1.54) is 10.6 Å². The van der Waals surface area contributed by atoms with Crippen molar-refractivity contribution in [3.8, 4) is 16.9 Å². The summed E-state index contributed by atoms with van der Waals surface area (Å²) in [4.78, 5) is 18.3. The summed E-state index contributed by atoms with van der Waals surface area (Å²) in [5, 5.41) is 2.88. The fraction of sp³-hybridized carbons (Fsp3) is 0.417. The van der Waals surface area contributed by atoms with Crippen molar-refractivity contribution in [2.45, 2.75) is 19.4 Å². The number of aromatic nitrogens is 1. The van der Waals surface area contributed by atoms with Crippen LogP contribution in [0.5, 0.6) is 5.75 Å². The van der Waals surface area contributed by atoms with Crippen LogP contribution >= 0.6 is 11.3 Å². The number of ether oxygens (including phenoxy) is 1. The number of nitrogens with one attached hydrogen (secondary N) is 1. The predicted molar refractivity (Wildman–Crippen MR) is 135 cm³/mol. The second-order valence-electron chi connectivity index (χ2n) is 8.96. The molecule has 0 bridgehead atoms. The summed E-state index contributed by atoms with van der Waals surface area (Å²) in [6, 6.07) is 12.5. The van der Waals surface area contributed by atoms with Gasteiger partial charge >= 0.3 is 0 Å². The van der Waals surface area contributed by atoms with Gasteiger partial charge in [0.1, 0.15) is 11.9 Å². The van der Waals surface area contributed by atoms with Crippen molar-refractivity contribution in [1.82, 2.24) is 14.6 Å². The number of fused-ring (bicyclic) bond motifs is 1. The minimum atomic E-state index is -3.14. The monoisotopic (exact) mass is 500 g/mol. The van der Waals surface area contributed by atoms with Crippen LogP contribution in [0.1, 0.15) is 13.3 Å². The molecular formula is C24H28N4O4S2. The maximum absolute atomic E-state index is 11.8. The summed E-state index contributed by atoms with van der Waals surface area (Å²) >= 11 is 1.55. The highest BCUT2D eigenvalue weighted by Crippen LogP contribution is 2.36. The van der Waals surface area contributed by atoms with E-state index in [0.29, 0.717) is 39.1 Å². The van der Waals surface area contributed by atoms with E-state index in [9.17, 15) is 13.2 Å². The lowest BCUT2D eigenvalue weighted by Gasteiger charge is -2.34. The summed E-state index contributed by atoms with van der Waals surface area (Å²) in [6.07, 6.45) is 1.67. The number of anilines is 1. The Balaban J connectivity index is 1.35. The molecule has 2 aromatic carbocycles. The first-order chi connectivity index (χ1) is 16.3. The van der Waals surface area contributed by atoms with Crippen molar-refractivity contribution in [3.05, 3.63) is 41.9 Å². The standard InChI is InChI=1S/C24H28N4O4S2/c1-16(19-13-23(29)25-14-19)32-22-12-18(11-21-24(22)33-15-26-21)17-3-5-20(6-4-17)27-7-9-28(10-8-27)34(2,30)31/h3-6,11-12,15-16,19H,7-10,13-14H2,1-2H3,(H,25,29)/t16-,19?/m1/s1. The van der Waals surface area contributed by atoms with Crippen LogP contribution < -0.4 is 15.0 Å². The van der Waals surface area contributed by atoms with Crippen LogP contribution in [0, 0.1) is 5.92 Å². The molecule has 3 heterocycles. The zero-order valence-electron chi connectivity index (χ0n) is 19.2. The van der Waals surface area contributed by atoms with Gasteiger partial charge < -0.3 is 15.0 Å². The lowest BCUT2D eigenvalue weighted by Crippen LogP contribution is -2.48. The van der Waals surface area contributed by atoms with Crippen LogP contribution in [0.4, 0.5) is 5.69 Å². The predicted octanol–water partition coefficient (Wildman–Crippen LogP) is 2.95. The van der Waals surface area contributed by atoms with Crippen LogP contribution in [0.25, 0.3) is 21.3 Å². The number of sulfonamides is 1. The molecule has 2 fully saturated rings. The second kappa shape index (κ2) is 9.16. The minimum Gasteiger partial charge on any atom is -0.489 e. The third-order valence-electron chi connectivity index (χ3n) is 6.66. The number of carbonyl (C=O) groups is 1. The summed E-state index contributed by atoms with van der Waals surface area (Å²) in [5.41, 5.74) is 5.88. The Kier molecular flexibility index (Phi) is 6.22. The number of benzene rings is 2. The zero-order valence-corrected chi connectivity index (χ0v) is 20.9. The average molecular weight is 501 g/mol. The van der Waals surface area contributed by atoms with Gasteiger partial charge in [-0.1, -0.05) is 12.1 Å². The molecule has 0 saturated carbocycles. The van der Waals surface area contributed by atoms with Gasteiger partial charge in [0.15, 0.2) is 0 Å². The van der Waals surface area contributed by atoms with E-state index in [-0.39, 0.29) is 17.9 Å². The van der Waals surface area contributed by atoms with Crippen molar-refractivity contribution >= 4 is 43.2 Å². The molecule has 0 aliphatic carbocycles. The van der Waals surface area contributed by atoms with Crippen LogP contribution in [-0.4, -0.2) is 68.7 Å². The van der Waals surface area contributed by atoms with Crippen molar-refractivity contribution in [2.75, 3.05) is 43.9 Å². The van der Waals surface area contributed by atoms with Gasteiger partial charge in [-0.2, -0.15) is 4.31 Å². The summed E-state index contributed by atoms with van der Waals surface area (Å²) in [6.45, 7) is 5.01. The van der Waals surface area contributed by atoms with Gasteiger partial charge in [0.25, 0.3) is 0 Å². The van der Waals surface area contributed by atoms with Crippen molar-refractivity contribution in [2.24, 2.45) is 5.92 Å². The van der Waals surface area contributed by atoms with E-state index in [0.717, 1.165) is 32.8 Å². The number of piperazine rings is 1. The topological polar surface area (TPSA) is 91.8 Å². The number of amides is 1. The van der Waals surface area contributed by atoms with Gasteiger partial charge in [-0.25, -0.2) is 13.4 Å². The Labute approximate surface area is 203 Å². The molecule has 2 saturated heterocycles. The Morgan fingerprint density at radius 1 is 1.12 bits per heavy atom. The Bertz CT molecular complexity index is 1300. The molecule has 0 radical (unpaired) electrons. The van der Waals surface area contributed by atoms with Gasteiger partial charge in [0, 0.05) is 50.7 Å². The first-order valence-corrected chi connectivity index (χ1v) is 14.1. The van der Waals surface area contributed by atoms with E-state index < -0.39 is 10.0 Å². The average Bonchev–Trinajstić information content (AvgIpc) is 3.48. The van der Waals surface area contributed by atoms with E-state index >= 15 is 0 Å². The molecule has 1 aromatic heterocycles. The molecule has 34 heavy (non-hydrogen) atoms. The van der Waals surface area contributed by atoms with Gasteiger partial charge in [-0.15, -0.1) is 11.3 Å². The summed E-state index contributed by atoms with van der Waals surface area (Å²) in [5.74, 6) is 1.03. The maximum Gasteiger partial charge on any atom is 0.220 e. The van der Waals surface area contributed by atoms with E-state index in [2.05, 4.69) is 51.6 Å². The Morgan fingerprint density at radius 2 is 1.85 bits per heavy atom. The quantitative estimate of drug-likeness (QED) is 0.560. The molecule has 180 valence electrons. The molecule has 0 spiro atoms. The second-order valence-corrected chi connectivity index (χ2v) is 11.8. The summed E-state index contributed by atoms with van der Waals surface area (Å²) < 4.78 is 32.4. The van der Waals surface area contributed by atoms with Gasteiger partial charge in [-0.05, 0) is 42.3 Å². The molecule has 10 heteroatoms. The molecule has 5 rings (SSSR count). The normalized spacial score (nSPS) is 20.5. The highest BCUT2D eigenvalue weighted by atomic mass is 32.2. The number of hydrogen-bond donors (Lipinski definition) is 1. The van der Waals surface area contributed by atoms with Crippen molar-refractivity contribution in [1.29, 1.82) is 0 Å². The van der Waals surface area contributed by atoms with E-state index in [1.54, 1.807) is 11.3 Å². The maximum atomic E-state index is 11.8. The number of rotatable bonds is 6.